The number of anilines is 1. The van der Waals surface area contributed by atoms with E-state index in [4.69, 9.17) is 0 Å². The normalized spacial score (nSPS) is 11.5. The molecule has 0 atom stereocenters. The van der Waals surface area contributed by atoms with Crippen LogP contribution in [0.5, 0.6) is 0 Å². The Kier molecular flexibility index (Phi) is 4.96. The topological polar surface area (TPSA) is 58.2 Å². The fraction of sp³-hybridized carbons (Fsp3) is 0.500. The molecule has 5 heteroatoms. The number of rotatable bonds is 6. The van der Waals surface area contributed by atoms with Gasteiger partial charge in [-0.05, 0) is 37.0 Å². The maximum Gasteiger partial charge on any atom is 0.299 e. The minimum atomic E-state index is -3.44. The van der Waals surface area contributed by atoms with Crippen molar-refractivity contribution in [2.45, 2.75) is 33.6 Å². The third-order valence-electron chi connectivity index (χ3n) is 2.50. The summed E-state index contributed by atoms with van der Waals surface area (Å²) in [5.74, 6) is 0. The van der Waals surface area contributed by atoms with E-state index in [0.29, 0.717) is 12.2 Å². The Morgan fingerprint density at radius 2 is 1.94 bits per heavy atom. The van der Waals surface area contributed by atoms with Gasteiger partial charge < -0.3 is 0 Å². The predicted octanol–water partition coefficient (Wildman–Crippen LogP) is 2.21. The Labute approximate surface area is 104 Å². The molecule has 0 aliphatic carbocycles. The highest BCUT2D eigenvalue weighted by molar-refractivity contribution is 7.90. The number of hydrogen-bond donors (Lipinski definition) is 2. The summed E-state index contributed by atoms with van der Waals surface area (Å²) in [6, 6.07) is 5.81. The highest BCUT2D eigenvalue weighted by Crippen LogP contribution is 2.18. The first-order valence-electron chi connectivity index (χ1n) is 5.85. The van der Waals surface area contributed by atoms with E-state index in [9.17, 15) is 8.42 Å². The maximum absolute atomic E-state index is 11.7. The Bertz CT molecular complexity index is 469. The Morgan fingerprint density at radius 3 is 2.53 bits per heavy atom. The average Bonchev–Trinajstić information content (AvgIpc) is 2.29. The van der Waals surface area contributed by atoms with Crippen molar-refractivity contribution in [1.29, 1.82) is 0 Å². The highest BCUT2D eigenvalue weighted by atomic mass is 32.2. The fourth-order valence-electron chi connectivity index (χ4n) is 1.42. The van der Waals surface area contributed by atoms with Gasteiger partial charge in [0.05, 0.1) is 5.69 Å². The molecule has 96 valence electrons. The van der Waals surface area contributed by atoms with E-state index >= 15 is 0 Å². The summed E-state index contributed by atoms with van der Waals surface area (Å²) in [4.78, 5) is 0. The van der Waals surface area contributed by atoms with Crippen molar-refractivity contribution in [3.63, 3.8) is 0 Å². The van der Waals surface area contributed by atoms with Gasteiger partial charge in [-0.3, -0.25) is 4.72 Å². The van der Waals surface area contributed by atoms with Crippen LogP contribution >= 0.6 is 0 Å². The lowest BCUT2D eigenvalue weighted by molar-refractivity contribution is 0.586. The van der Waals surface area contributed by atoms with Crippen LogP contribution in [0.25, 0.3) is 0 Å². The van der Waals surface area contributed by atoms with Crippen molar-refractivity contribution in [3.8, 4) is 0 Å². The Hall–Kier alpha value is -1.07. The molecule has 1 aromatic carbocycles. The molecule has 1 aromatic rings. The van der Waals surface area contributed by atoms with Crippen LogP contribution in [0.4, 0.5) is 5.69 Å². The summed E-state index contributed by atoms with van der Waals surface area (Å²) < 4.78 is 28.4. The van der Waals surface area contributed by atoms with Crippen LogP contribution in [0.3, 0.4) is 0 Å². The molecule has 0 radical (unpaired) electrons. The van der Waals surface area contributed by atoms with Crippen LogP contribution < -0.4 is 9.44 Å². The molecule has 4 nitrogen and oxygen atoms in total. The van der Waals surface area contributed by atoms with Gasteiger partial charge in [-0.15, -0.1) is 0 Å². The van der Waals surface area contributed by atoms with Crippen molar-refractivity contribution in [1.82, 2.24) is 4.72 Å². The molecule has 0 amide bonds. The van der Waals surface area contributed by atoms with Gasteiger partial charge in [0.25, 0.3) is 10.2 Å². The highest BCUT2D eigenvalue weighted by Gasteiger charge is 2.10. The molecule has 1 rings (SSSR count). The quantitative estimate of drug-likeness (QED) is 0.820. The predicted molar refractivity (Wildman–Crippen MR) is 71.4 cm³/mol. The van der Waals surface area contributed by atoms with E-state index in [1.165, 1.54) is 0 Å². The maximum atomic E-state index is 11.7. The van der Waals surface area contributed by atoms with Crippen LogP contribution in [0.2, 0.25) is 0 Å². The second kappa shape index (κ2) is 6.02. The molecule has 0 saturated carbocycles. The fourth-order valence-corrected chi connectivity index (χ4v) is 2.47. The lowest BCUT2D eigenvalue weighted by Crippen LogP contribution is -2.30. The van der Waals surface area contributed by atoms with Gasteiger partial charge in [-0.2, -0.15) is 13.1 Å². The largest absolute Gasteiger partial charge is 0.299 e. The van der Waals surface area contributed by atoms with Gasteiger partial charge in [-0.25, -0.2) is 0 Å². The summed E-state index contributed by atoms with van der Waals surface area (Å²) in [5.41, 5.74) is 2.68. The van der Waals surface area contributed by atoms with Crippen molar-refractivity contribution >= 4 is 15.9 Å². The smallest absolute Gasteiger partial charge is 0.271 e. The van der Waals surface area contributed by atoms with Crippen molar-refractivity contribution in [2.24, 2.45) is 0 Å². The SMILES string of the molecule is CCCNS(=O)(=O)Nc1cc(CC)ccc1C. The van der Waals surface area contributed by atoms with E-state index in [0.717, 1.165) is 24.0 Å². The minimum absolute atomic E-state index is 0.446. The summed E-state index contributed by atoms with van der Waals surface area (Å²) in [6.45, 7) is 6.29. The first-order valence-corrected chi connectivity index (χ1v) is 7.33. The van der Waals surface area contributed by atoms with E-state index in [2.05, 4.69) is 9.44 Å². The molecule has 17 heavy (non-hydrogen) atoms. The number of aryl methyl sites for hydroxylation is 2. The number of hydrogen-bond acceptors (Lipinski definition) is 2. The van der Waals surface area contributed by atoms with Crippen molar-refractivity contribution in [2.75, 3.05) is 11.3 Å². The van der Waals surface area contributed by atoms with Gasteiger partial charge >= 0.3 is 0 Å². The summed E-state index contributed by atoms with van der Waals surface area (Å²) >= 11 is 0. The summed E-state index contributed by atoms with van der Waals surface area (Å²) in [6.07, 6.45) is 1.66. The zero-order valence-electron chi connectivity index (χ0n) is 10.6. The zero-order chi connectivity index (χ0) is 12.9. The van der Waals surface area contributed by atoms with Crippen LogP contribution in [-0.2, 0) is 16.6 Å². The van der Waals surface area contributed by atoms with Crippen molar-refractivity contribution < 1.29 is 8.42 Å². The van der Waals surface area contributed by atoms with Gasteiger partial charge in [0.2, 0.25) is 0 Å². The second-order valence-electron chi connectivity index (χ2n) is 4.00. The monoisotopic (exact) mass is 256 g/mol. The lowest BCUT2D eigenvalue weighted by Gasteiger charge is -2.12. The molecule has 0 spiro atoms. The lowest BCUT2D eigenvalue weighted by atomic mass is 10.1. The van der Waals surface area contributed by atoms with Crippen LogP contribution in [0, 0.1) is 6.92 Å². The number of nitrogens with one attached hydrogen (secondary N) is 2. The Balaban J connectivity index is 2.87. The van der Waals surface area contributed by atoms with E-state index < -0.39 is 10.2 Å². The minimum Gasteiger partial charge on any atom is -0.271 e. The molecule has 0 bridgehead atoms. The van der Waals surface area contributed by atoms with E-state index in [1.54, 1.807) is 0 Å². The average molecular weight is 256 g/mol. The standard InChI is InChI=1S/C12H20N2O2S/c1-4-8-13-17(15,16)14-12-9-11(5-2)7-6-10(12)3/h6-7,9,13-14H,4-5,8H2,1-3H3. The van der Waals surface area contributed by atoms with E-state index in [1.807, 2.05) is 39.0 Å². The Morgan fingerprint density at radius 1 is 1.24 bits per heavy atom. The molecule has 0 heterocycles. The molecule has 0 aliphatic heterocycles. The first-order chi connectivity index (χ1) is 7.98. The molecule has 0 fully saturated rings. The van der Waals surface area contributed by atoms with Crippen LogP contribution in [0.1, 0.15) is 31.4 Å². The molecule has 2 N–H and O–H groups in total. The van der Waals surface area contributed by atoms with Crippen LogP contribution in [0.15, 0.2) is 18.2 Å². The third-order valence-corrected chi connectivity index (χ3v) is 3.57. The molecule has 0 saturated heterocycles. The molecule has 0 unspecified atom stereocenters. The summed E-state index contributed by atoms with van der Waals surface area (Å²) in [7, 11) is -3.44. The van der Waals surface area contributed by atoms with Gasteiger partial charge in [-0.1, -0.05) is 26.0 Å². The summed E-state index contributed by atoms with van der Waals surface area (Å²) in [5, 5.41) is 0. The van der Waals surface area contributed by atoms with Gasteiger partial charge in [0, 0.05) is 6.54 Å². The molecular formula is C12H20N2O2S. The van der Waals surface area contributed by atoms with Gasteiger partial charge in [0.15, 0.2) is 0 Å². The number of benzene rings is 1. The van der Waals surface area contributed by atoms with E-state index in [-0.39, 0.29) is 0 Å². The zero-order valence-corrected chi connectivity index (χ0v) is 11.4. The molecule has 0 aromatic heterocycles. The first kappa shape index (κ1) is 14.0. The second-order valence-corrected chi connectivity index (χ2v) is 5.50. The van der Waals surface area contributed by atoms with Crippen molar-refractivity contribution in [3.05, 3.63) is 29.3 Å². The van der Waals surface area contributed by atoms with Gasteiger partial charge in [0.1, 0.15) is 0 Å². The molecular weight excluding hydrogens is 236 g/mol. The molecule has 0 aliphatic rings. The van der Waals surface area contributed by atoms with Crippen LogP contribution in [-0.4, -0.2) is 15.0 Å². The third kappa shape index (κ3) is 4.36.